The number of hydrogen-bond acceptors (Lipinski definition) is 5. The van der Waals surface area contributed by atoms with Crippen LogP contribution in [0.3, 0.4) is 0 Å². The van der Waals surface area contributed by atoms with Crippen LogP contribution in [0.2, 0.25) is 0 Å². The van der Waals surface area contributed by atoms with Gasteiger partial charge in [-0.2, -0.15) is 5.26 Å². The maximum Gasteiger partial charge on any atom is 0.268 e. The summed E-state index contributed by atoms with van der Waals surface area (Å²) < 4.78 is 0. The molecule has 162 valence electrons. The number of aromatic nitrogens is 1. The van der Waals surface area contributed by atoms with E-state index in [-0.39, 0.29) is 30.3 Å². The van der Waals surface area contributed by atoms with Crippen LogP contribution in [0.4, 0.5) is 0 Å². The standard InChI is InChI=1S/C23H28N6O2/c1-14(2)9-18(28-22(31)19-10-15-5-3-4-6-17(15)27-19)20-26-13-23(12-24,29-20)11-16-7-8-25-21(16)30/h3-6,10,14,16,18,27H,7-9,11,13H2,1-2H3,(H,25,30)(H,26,29)(H,28,31)/t16-,18-,23+/m0/s1. The Hall–Kier alpha value is -3.34. The molecule has 0 saturated carbocycles. The maximum absolute atomic E-state index is 13.0. The summed E-state index contributed by atoms with van der Waals surface area (Å²) in [7, 11) is 0. The first-order valence-electron chi connectivity index (χ1n) is 10.8. The van der Waals surface area contributed by atoms with Gasteiger partial charge in [-0.25, -0.2) is 0 Å². The number of nitrogens with zero attached hydrogens (tertiary/aromatic N) is 2. The van der Waals surface area contributed by atoms with Crippen molar-refractivity contribution in [3.8, 4) is 6.07 Å². The Balaban J connectivity index is 1.49. The summed E-state index contributed by atoms with van der Waals surface area (Å²) in [5.74, 6) is 0.520. The zero-order valence-electron chi connectivity index (χ0n) is 17.9. The molecule has 2 aromatic rings. The third-order valence-electron chi connectivity index (χ3n) is 5.98. The molecule has 1 aromatic heterocycles. The minimum absolute atomic E-state index is 0.00396. The zero-order valence-corrected chi connectivity index (χ0v) is 17.9. The Morgan fingerprint density at radius 2 is 2.19 bits per heavy atom. The number of hydrogen-bond donors (Lipinski definition) is 4. The van der Waals surface area contributed by atoms with Gasteiger partial charge in [0.05, 0.1) is 18.7 Å². The second kappa shape index (κ2) is 8.42. The van der Waals surface area contributed by atoms with Crippen LogP contribution in [-0.4, -0.2) is 47.3 Å². The van der Waals surface area contributed by atoms with Crippen LogP contribution >= 0.6 is 0 Å². The molecular weight excluding hydrogens is 392 g/mol. The van der Waals surface area contributed by atoms with Gasteiger partial charge in [0.1, 0.15) is 17.1 Å². The van der Waals surface area contributed by atoms with E-state index in [2.05, 4.69) is 45.8 Å². The van der Waals surface area contributed by atoms with Crippen LogP contribution in [0.25, 0.3) is 10.9 Å². The maximum atomic E-state index is 13.0. The van der Waals surface area contributed by atoms with Crippen molar-refractivity contribution < 1.29 is 9.59 Å². The van der Waals surface area contributed by atoms with Crippen LogP contribution in [0.1, 0.15) is 43.6 Å². The number of nitrogens with one attached hydrogen (secondary N) is 4. The Bertz CT molecular complexity index is 1030. The molecule has 0 radical (unpaired) electrons. The van der Waals surface area contributed by atoms with Crippen LogP contribution in [0.15, 0.2) is 35.3 Å². The molecule has 8 nitrogen and oxygen atoms in total. The molecule has 4 rings (SSSR count). The molecule has 0 unspecified atom stereocenters. The quantitative estimate of drug-likeness (QED) is 0.548. The normalized spacial score (nSPS) is 23.9. The van der Waals surface area contributed by atoms with Crippen molar-refractivity contribution in [2.45, 2.75) is 44.7 Å². The summed E-state index contributed by atoms with van der Waals surface area (Å²) in [6.07, 6.45) is 1.82. The first-order chi connectivity index (χ1) is 14.9. The molecule has 31 heavy (non-hydrogen) atoms. The highest BCUT2D eigenvalue weighted by Crippen LogP contribution is 2.27. The van der Waals surface area contributed by atoms with Crippen molar-refractivity contribution in [1.82, 2.24) is 20.9 Å². The molecule has 0 aliphatic carbocycles. The minimum Gasteiger partial charge on any atom is -0.356 e. The first kappa shape index (κ1) is 20.9. The van der Waals surface area contributed by atoms with Gasteiger partial charge in [-0.3, -0.25) is 14.6 Å². The van der Waals surface area contributed by atoms with E-state index in [1.165, 1.54) is 0 Å². The number of benzene rings is 1. The van der Waals surface area contributed by atoms with E-state index >= 15 is 0 Å². The molecule has 2 aliphatic heterocycles. The molecular formula is C23H28N6O2. The lowest BCUT2D eigenvalue weighted by atomic mass is 9.88. The number of nitriles is 1. The molecule has 4 N–H and O–H groups in total. The van der Waals surface area contributed by atoms with Gasteiger partial charge in [-0.1, -0.05) is 32.0 Å². The van der Waals surface area contributed by atoms with Crippen molar-refractivity contribution in [1.29, 1.82) is 5.26 Å². The molecule has 1 aromatic carbocycles. The summed E-state index contributed by atoms with van der Waals surface area (Å²) >= 11 is 0. The summed E-state index contributed by atoms with van der Waals surface area (Å²) in [6, 6.07) is 11.6. The summed E-state index contributed by atoms with van der Waals surface area (Å²) in [5.41, 5.74) is 0.480. The summed E-state index contributed by atoms with van der Waals surface area (Å²) in [4.78, 5) is 32.7. The van der Waals surface area contributed by atoms with E-state index in [0.29, 0.717) is 36.8 Å². The fourth-order valence-corrected chi connectivity index (χ4v) is 4.37. The average molecular weight is 421 g/mol. The Labute approximate surface area is 181 Å². The number of H-pyrrole nitrogens is 1. The van der Waals surface area contributed by atoms with Crippen molar-refractivity contribution in [3.63, 3.8) is 0 Å². The van der Waals surface area contributed by atoms with E-state index in [4.69, 9.17) is 0 Å². The highest BCUT2D eigenvalue weighted by molar-refractivity contribution is 6.01. The van der Waals surface area contributed by atoms with E-state index in [0.717, 1.165) is 17.3 Å². The van der Waals surface area contributed by atoms with Crippen molar-refractivity contribution in [2.24, 2.45) is 16.8 Å². The molecule has 2 aliphatic rings. The van der Waals surface area contributed by atoms with Gasteiger partial charge in [-0.15, -0.1) is 0 Å². The van der Waals surface area contributed by atoms with Gasteiger partial charge in [-0.05, 0) is 37.3 Å². The van der Waals surface area contributed by atoms with Gasteiger partial charge in [0.25, 0.3) is 5.91 Å². The predicted molar refractivity (Wildman–Crippen MR) is 119 cm³/mol. The number of para-hydroxylation sites is 1. The number of aromatic amines is 1. The molecule has 3 atom stereocenters. The number of amides is 2. The van der Waals surface area contributed by atoms with E-state index in [1.54, 1.807) is 0 Å². The lowest BCUT2D eigenvalue weighted by Gasteiger charge is -2.27. The fraction of sp³-hybridized carbons (Fsp3) is 0.478. The third-order valence-corrected chi connectivity index (χ3v) is 5.98. The topological polar surface area (TPSA) is 122 Å². The van der Waals surface area contributed by atoms with Crippen LogP contribution < -0.4 is 16.0 Å². The third kappa shape index (κ3) is 4.41. The molecule has 1 fully saturated rings. The van der Waals surface area contributed by atoms with Crippen LogP contribution in [0.5, 0.6) is 0 Å². The molecule has 2 amide bonds. The molecule has 3 heterocycles. The number of fused-ring (bicyclic) bond motifs is 1. The van der Waals surface area contributed by atoms with E-state index in [1.807, 2.05) is 30.3 Å². The monoisotopic (exact) mass is 420 g/mol. The lowest BCUT2D eigenvalue weighted by molar-refractivity contribution is -0.122. The highest BCUT2D eigenvalue weighted by Gasteiger charge is 2.42. The average Bonchev–Trinajstić information content (AvgIpc) is 3.46. The highest BCUT2D eigenvalue weighted by atomic mass is 16.2. The van der Waals surface area contributed by atoms with Crippen molar-refractivity contribution in [3.05, 3.63) is 36.0 Å². The number of aliphatic imine (C=N–C) groups is 1. The largest absolute Gasteiger partial charge is 0.356 e. The molecule has 0 bridgehead atoms. The fourth-order valence-electron chi connectivity index (χ4n) is 4.37. The number of carbonyl (C=O) groups is 2. The smallest absolute Gasteiger partial charge is 0.268 e. The Kier molecular flexibility index (Phi) is 5.68. The van der Waals surface area contributed by atoms with Crippen molar-refractivity contribution in [2.75, 3.05) is 13.1 Å². The number of carbonyl (C=O) groups excluding carboxylic acids is 2. The summed E-state index contributed by atoms with van der Waals surface area (Å²) in [5, 5.41) is 20.0. The van der Waals surface area contributed by atoms with Crippen LogP contribution in [0, 0.1) is 23.2 Å². The Morgan fingerprint density at radius 3 is 2.87 bits per heavy atom. The van der Waals surface area contributed by atoms with Crippen LogP contribution in [-0.2, 0) is 4.79 Å². The Morgan fingerprint density at radius 1 is 1.39 bits per heavy atom. The molecule has 8 heteroatoms. The van der Waals surface area contributed by atoms with Gasteiger partial charge < -0.3 is 20.9 Å². The lowest BCUT2D eigenvalue weighted by Crippen LogP contribution is -2.53. The number of rotatable bonds is 7. The molecule has 1 saturated heterocycles. The number of amidine groups is 1. The van der Waals surface area contributed by atoms with E-state index < -0.39 is 5.54 Å². The second-order valence-corrected chi connectivity index (χ2v) is 8.93. The zero-order chi connectivity index (χ0) is 22.0. The van der Waals surface area contributed by atoms with Crippen molar-refractivity contribution >= 4 is 28.6 Å². The second-order valence-electron chi connectivity index (χ2n) is 8.93. The predicted octanol–water partition coefficient (Wildman–Crippen LogP) is 2.10. The van der Waals surface area contributed by atoms with Gasteiger partial charge in [0.2, 0.25) is 5.91 Å². The van der Waals surface area contributed by atoms with Gasteiger partial charge in [0.15, 0.2) is 0 Å². The van der Waals surface area contributed by atoms with Gasteiger partial charge >= 0.3 is 0 Å². The molecule has 0 spiro atoms. The summed E-state index contributed by atoms with van der Waals surface area (Å²) in [6.45, 7) is 5.09. The SMILES string of the molecule is CC(C)C[C@H](NC(=O)c1cc2ccccc2[nH]1)C1=NC[C@](C#N)(C[C@@H]2CCNC2=O)N1. The van der Waals surface area contributed by atoms with Gasteiger partial charge in [0, 0.05) is 23.4 Å². The van der Waals surface area contributed by atoms with E-state index in [9.17, 15) is 14.9 Å². The minimum atomic E-state index is -0.914. The first-order valence-corrected chi connectivity index (χ1v) is 10.8.